The molecule has 0 radical (unpaired) electrons. The number of rotatable bonds is 2. The quantitative estimate of drug-likeness (QED) is 0.700. The van der Waals surface area contributed by atoms with Crippen LogP contribution in [0.15, 0.2) is 48.5 Å². The van der Waals surface area contributed by atoms with Crippen LogP contribution >= 0.6 is 0 Å². The van der Waals surface area contributed by atoms with Gasteiger partial charge in [-0.25, -0.2) is 4.90 Å². The Labute approximate surface area is 171 Å². The summed E-state index contributed by atoms with van der Waals surface area (Å²) in [7, 11) is 0. The van der Waals surface area contributed by atoms with Gasteiger partial charge in [0.1, 0.15) is 0 Å². The monoisotopic (exact) mass is 390 g/mol. The number of carbonyl (C=O) groups excluding carboxylic acids is 3. The van der Waals surface area contributed by atoms with Crippen molar-refractivity contribution in [2.75, 3.05) is 4.90 Å². The fourth-order valence-electron chi connectivity index (χ4n) is 4.85. The van der Waals surface area contributed by atoms with Crippen LogP contribution in [-0.2, 0) is 0 Å². The summed E-state index contributed by atoms with van der Waals surface area (Å²) in [6.45, 7) is 8.44. The lowest BCUT2D eigenvalue weighted by atomic mass is 9.79. The summed E-state index contributed by atoms with van der Waals surface area (Å²) < 4.78 is 0. The van der Waals surface area contributed by atoms with E-state index < -0.39 is 0 Å². The Balaban J connectivity index is 1.63. The molecular weight excluding hydrogens is 364 g/mol. The van der Waals surface area contributed by atoms with E-state index in [1.165, 1.54) is 4.90 Å². The lowest BCUT2D eigenvalue weighted by Crippen LogP contribution is -2.60. The van der Waals surface area contributed by atoms with Crippen LogP contribution in [0, 0.1) is 0 Å². The van der Waals surface area contributed by atoms with Crippen LogP contribution in [0.25, 0.3) is 0 Å². The van der Waals surface area contributed by atoms with Gasteiger partial charge in [-0.2, -0.15) is 0 Å². The molecule has 2 heterocycles. The number of carbonyl (C=O) groups is 3. The maximum atomic E-state index is 13.3. The first-order valence-corrected chi connectivity index (χ1v) is 10.1. The third-order valence-corrected chi connectivity index (χ3v) is 6.16. The van der Waals surface area contributed by atoms with Crippen molar-refractivity contribution in [2.45, 2.75) is 58.0 Å². The second-order valence-electron chi connectivity index (χ2n) is 9.16. The number of likely N-dealkylation sites (tertiary alicyclic amines) is 1. The first-order valence-electron chi connectivity index (χ1n) is 10.1. The van der Waals surface area contributed by atoms with Gasteiger partial charge in [0.25, 0.3) is 17.7 Å². The molecule has 1 fully saturated rings. The summed E-state index contributed by atoms with van der Waals surface area (Å²) in [4.78, 5) is 41.9. The SMILES string of the molecule is CC1(C)CCCC(C)(C)N1C(=O)c1ccc(N2C(=O)c3ccccc3C2=O)cc1. The van der Waals surface area contributed by atoms with Gasteiger partial charge in [0, 0.05) is 16.6 Å². The lowest BCUT2D eigenvalue weighted by molar-refractivity contribution is -0.0111. The molecule has 0 aliphatic carbocycles. The molecule has 29 heavy (non-hydrogen) atoms. The summed E-state index contributed by atoms with van der Waals surface area (Å²) in [6.07, 6.45) is 3.03. The molecule has 150 valence electrons. The van der Waals surface area contributed by atoms with Crippen molar-refractivity contribution in [3.8, 4) is 0 Å². The average Bonchev–Trinajstić information content (AvgIpc) is 2.91. The van der Waals surface area contributed by atoms with Gasteiger partial charge in [0.15, 0.2) is 0 Å². The molecule has 0 spiro atoms. The van der Waals surface area contributed by atoms with Gasteiger partial charge >= 0.3 is 0 Å². The van der Waals surface area contributed by atoms with Gasteiger partial charge in [-0.3, -0.25) is 14.4 Å². The minimum absolute atomic E-state index is 0.0198. The normalized spacial score (nSPS) is 20.0. The third kappa shape index (κ3) is 3.05. The van der Waals surface area contributed by atoms with E-state index in [-0.39, 0.29) is 28.8 Å². The molecule has 0 bridgehead atoms. The minimum atomic E-state index is -0.331. The highest BCUT2D eigenvalue weighted by atomic mass is 16.2. The van der Waals surface area contributed by atoms with E-state index in [0.29, 0.717) is 22.4 Å². The number of benzene rings is 2. The zero-order valence-corrected chi connectivity index (χ0v) is 17.4. The Morgan fingerprint density at radius 3 is 1.76 bits per heavy atom. The van der Waals surface area contributed by atoms with Crippen molar-refractivity contribution < 1.29 is 14.4 Å². The second kappa shape index (κ2) is 6.55. The number of piperidine rings is 1. The molecule has 2 aromatic rings. The maximum Gasteiger partial charge on any atom is 0.266 e. The molecular formula is C24H26N2O3. The van der Waals surface area contributed by atoms with E-state index in [4.69, 9.17) is 0 Å². The minimum Gasteiger partial charge on any atom is -0.328 e. The molecule has 5 nitrogen and oxygen atoms in total. The maximum absolute atomic E-state index is 13.3. The standard InChI is InChI=1S/C24H26N2O3/c1-23(2)14-7-15-24(3,4)26(23)20(27)16-10-12-17(13-11-16)25-21(28)18-8-5-6-9-19(18)22(25)29/h5-6,8-13H,7,14-15H2,1-4H3. The van der Waals surface area contributed by atoms with Crippen LogP contribution in [0.3, 0.4) is 0 Å². The van der Waals surface area contributed by atoms with Crippen molar-refractivity contribution in [3.63, 3.8) is 0 Å². The van der Waals surface area contributed by atoms with Crippen molar-refractivity contribution in [2.24, 2.45) is 0 Å². The van der Waals surface area contributed by atoms with Crippen LogP contribution in [-0.4, -0.2) is 33.7 Å². The van der Waals surface area contributed by atoms with Crippen molar-refractivity contribution in [1.82, 2.24) is 4.90 Å². The molecule has 5 heteroatoms. The topological polar surface area (TPSA) is 57.7 Å². The van der Waals surface area contributed by atoms with Gasteiger partial charge in [-0.05, 0) is 83.4 Å². The Kier molecular flexibility index (Phi) is 4.37. The van der Waals surface area contributed by atoms with Crippen molar-refractivity contribution >= 4 is 23.4 Å². The Hall–Kier alpha value is -2.95. The summed E-state index contributed by atoms with van der Waals surface area (Å²) >= 11 is 0. The van der Waals surface area contributed by atoms with E-state index in [9.17, 15) is 14.4 Å². The smallest absolute Gasteiger partial charge is 0.266 e. The first kappa shape index (κ1) is 19.4. The predicted octanol–water partition coefficient (Wildman–Crippen LogP) is 4.67. The van der Waals surface area contributed by atoms with Crippen LogP contribution in [0.4, 0.5) is 5.69 Å². The molecule has 0 saturated carbocycles. The molecule has 0 N–H and O–H groups in total. The number of imide groups is 1. The number of fused-ring (bicyclic) bond motifs is 1. The molecule has 0 atom stereocenters. The summed E-state index contributed by atoms with van der Waals surface area (Å²) in [5.74, 6) is -0.681. The highest BCUT2D eigenvalue weighted by Gasteiger charge is 2.44. The van der Waals surface area contributed by atoms with E-state index in [1.807, 2.05) is 4.90 Å². The number of anilines is 1. The second-order valence-corrected chi connectivity index (χ2v) is 9.16. The van der Waals surface area contributed by atoms with Gasteiger partial charge in [0.2, 0.25) is 0 Å². The van der Waals surface area contributed by atoms with E-state index in [0.717, 1.165) is 19.3 Å². The zero-order chi connectivity index (χ0) is 21.0. The fourth-order valence-corrected chi connectivity index (χ4v) is 4.85. The number of hydrogen-bond acceptors (Lipinski definition) is 3. The van der Waals surface area contributed by atoms with Crippen molar-refractivity contribution in [1.29, 1.82) is 0 Å². The lowest BCUT2D eigenvalue weighted by Gasteiger charge is -2.53. The van der Waals surface area contributed by atoms with Gasteiger partial charge < -0.3 is 4.90 Å². The Morgan fingerprint density at radius 1 is 0.793 bits per heavy atom. The van der Waals surface area contributed by atoms with E-state index >= 15 is 0 Å². The molecule has 4 rings (SSSR count). The Bertz CT molecular complexity index is 954. The van der Waals surface area contributed by atoms with Crippen LogP contribution in [0.1, 0.15) is 78.0 Å². The fraction of sp³-hybridized carbons (Fsp3) is 0.375. The predicted molar refractivity (Wildman–Crippen MR) is 112 cm³/mol. The number of nitrogens with zero attached hydrogens (tertiary/aromatic N) is 2. The summed E-state index contributed by atoms with van der Waals surface area (Å²) in [6, 6.07) is 13.6. The van der Waals surface area contributed by atoms with Crippen LogP contribution < -0.4 is 4.90 Å². The summed E-state index contributed by atoms with van der Waals surface area (Å²) in [5, 5.41) is 0. The molecule has 2 aromatic carbocycles. The largest absolute Gasteiger partial charge is 0.328 e. The first-order chi connectivity index (χ1) is 13.6. The average molecular weight is 390 g/mol. The molecule has 2 aliphatic rings. The third-order valence-electron chi connectivity index (χ3n) is 6.16. The number of hydrogen-bond donors (Lipinski definition) is 0. The summed E-state index contributed by atoms with van der Waals surface area (Å²) in [5.41, 5.74) is 1.42. The highest BCUT2D eigenvalue weighted by molar-refractivity contribution is 6.34. The molecule has 0 aromatic heterocycles. The van der Waals surface area contributed by atoms with Gasteiger partial charge in [-0.15, -0.1) is 0 Å². The van der Waals surface area contributed by atoms with E-state index in [2.05, 4.69) is 27.7 Å². The molecule has 0 unspecified atom stereocenters. The van der Waals surface area contributed by atoms with Crippen LogP contribution in [0.5, 0.6) is 0 Å². The zero-order valence-electron chi connectivity index (χ0n) is 17.4. The van der Waals surface area contributed by atoms with Gasteiger partial charge in [0.05, 0.1) is 16.8 Å². The van der Waals surface area contributed by atoms with Gasteiger partial charge in [-0.1, -0.05) is 12.1 Å². The van der Waals surface area contributed by atoms with E-state index in [1.54, 1.807) is 48.5 Å². The van der Waals surface area contributed by atoms with Crippen molar-refractivity contribution in [3.05, 3.63) is 65.2 Å². The molecule has 1 saturated heterocycles. The molecule has 3 amide bonds. The molecule has 2 aliphatic heterocycles. The van der Waals surface area contributed by atoms with Crippen LogP contribution in [0.2, 0.25) is 0 Å². The number of amides is 3. The Morgan fingerprint density at radius 2 is 1.28 bits per heavy atom. The highest BCUT2D eigenvalue weighted by Crippen LogP contribution is 2.39.